The first-order valence-electron chi connectivity index (χ1n) is 5.98. The lowest BCUT2D eigenvalue weighted by atomic mass is 9.90. The molecule has 2 nitrogen and oxygen atoms in total. The van der Waals surface area contributed by atoms with Crippen LogP contribution in [0.1, 0.15) is 45.4 Å². The summed E-state index contributed by atoms with van der Waals surface area (Å²) in [6.07, 6.45) is 7.98. The molecule has 2 N–H and O–H groups in total. The minimum Gasteiger partial charge on any atom is -0.385 e. The molecule has 84 valence electrons. The van der Waals surface area contributed by atoms with Crippen LogP contribution >= 0.6 is 0 Å². The SMILES string of the molecule is COCCC(C)C(N)CC1CCCC1. The van der Waals surface area contributed by atoms with Gasteiger partial charge in [0, 0.05) is 19.8 Å². The van der Waals surface area contributed by atoms with Crippen molar-refractivity contribution >= 4 is 0 Å². The van der Waals surface area contributed by atoms with Gasteiger partial charge in [-0.05, 0) is 24.7 Å². The molecular weight excluding hydrogens is 174 g/mol. The lowest BCUT2D eigenvalue weighted by molar-refractivity contribution is 0.171. The predicted octanol–water partition coefficient (Wildman–Crippen LogP) is 2.57. The number of nitrogens with two attached hydrogens (primary N) is 1. The summed E-state index contributed by atoms with van der Waals surface area (Å²) in [5.41, 5.74) is 6.18. The second-order valence-electron chi connectivity index (χ2n) is 4.81. The highest BCUT2D eigenvalue weighted by atomic mass is 16.5. The van der Waals surface area contributed by atoms with E-state index in [-0.39, 0.29) is 0 Å². The minimum atomic E-state index is 0.383. The molecule has 2 unspecified atom stereocenters. The van der Waals surface area contributed by atoms with E-state index in [9.17, 15) is 0 Å². The van der Waals surface area contributed by atoms with Crippen molar-refractivity contribution < 1.29 is 4.74 Å². The zero-order valence-corrected chi connectivity index (χ0v) is 9.67. The van der Waals surface area contributed by atoms with E-state index in [0.717, 1.165) is 18.9 Å². The van der Waals surface area contributed by atoms with E-state index >= 15 is 0 Å². The number of methoxy groups -OCH3 is 1. The van der Waals surface area contributed by atoms with Gasteiger partial charge in [0.15, 0.2) is 0 Å². The predicted molar refractivity (Wildman–Crippen MR) is 60.2 cm³/mol. The molecule has 0 aromatic rings. The van der Waals surface area contributed by atoms with Crippen molar-refractivity contribution in [2.75, 3.05) is 13.7 Å². The summed E-state index contributed by atoms with van der Waals surface area (Å²) in [7, 11) is 1.76. The van der Waals surface area contributed by atoms with Gasteiger partial charge < -0.3 is 10.5 Å². The number of rotatable bonds is 6. The molecule has 14 heavy (non-hydrogen) atoms. The van der Waals surface area contributed by atoms with E-state index in [4.69, 9.17) is 10.5 Å². The van der Waals surface area contributed by atoms with Crippen LogP contribution in [0.25, 0.3) is 0 Å². The third kappa shape index (κ3) is 3.97. The summed E-state index contributed by atoms with van der Waals surface area (Å²) in [6, 6.07) is 0.383. The summed E-state index contributed by atoms with van der Waals surface area (Å²) >= 11 is 0. The molecule has 0 spiro atoms. The van der Waals surface area contributed by atoms with Gasteiger partial charge in [0.2, 0.25) is 0 Å². The summed E-state index contributed by atoms with van der Waals surface area (Å²) in [5, 5.41) is 0. The molecule has 1 fully saturated rings. The fourth-order valence-corrected chi connectivity index (χ4v) is 2.38. The topological polar surface area (TPSA) is 35.2 Å². The molecule has 0 heterocycles. The Bertz CT molecular complexity index is 143. The minimum absolute atomic E-state index is 0.383. The van der Waals surface area contributed by atoms with Crippen LogP contribution in [0.2, 0.25) is 0 Å². The van der Waals surface area contributed by atoms with Crippen LogP contribution in [0.15, 0.2) is 0 Å². The van der Waals surface area contributed by atoms with Gasteiger partial charge in [-0.25, -0.2) is 0 Å². The van der Waals surface area contributed by atoms with Gasteiger partial charge in [-0.3, -0.25) is 0 Å². The Morgan fingerprint density at radius 1 is 1.36 bits per heavy atom. The summed E-state index contributed by atoms with van der Waals surface area (Å²) in [5.74, 6) is 1.52. The average molecular weight is 199 g/mol. The summed E-state index contributed by atoms with van der Waals surface area (Å²) < 4.78 is 5.08. The largest absolute Gasteiger partial charge is 0.385 e. The van der Waals surface area contributed by atoms with E-state index in [1.807, 2.05) is 0 Å². The highest BCUT2D eigenvalue weighted by Gasteiger charge is 2.21. The van der Waals surface area contributed by atoms with Crippen LogP contribution in [0.3, 0.4) is 0 Å². The average Bonchev–Trinajstić information content (AvgIpc) is 2.66. The second kappa shape index (κ2) is 6.41. The number of hydrogen-bond acceptors (Lipinski definition) is 2. The van der Waals surface area contributed by atoms with E-state index in [0.29, 0.717) is 12.0 Å². The highest BCUT2D eigenvalue weighted by molar-refractivity contribution is 4.76. The molecule has 2 heteroatoms. The molecule has 0 radical (unpaired) electrons. The smallest absolute Gasteiger partial charge is 0.0465 e. The molecule has 1 aliphatic rings. The molecule has 0 amide bonds. The van der Waals surface area contributed by atoms with Gasteiger partial charge in [-0.1, -0.05) is 32.6 Å². The maximum atomic E-state index is 6.18. The van der Waals surface area contributed by atoms with E-state index in [1.54, 1.807) is 7.11 Å². The molecule has 1 aliphatic carbocycles. The highest BCUT2D eigenvalue weighted by Crippen LogP contribution is 2.29. The number of ether oxygens (including phenoxy) is 1. The lowest BCUT2D eigenvalue weighted by Gasteiger charge is -2.22. The lowest BCUT2D eigenvalue weighted by Crippen LogP contribution is -2.31. The maximum Gasteiger partial charge on any atom is 0.0465 e. The van der Waals surface area contributed by atoms with Crippen molar-refractivity contribution in [2.24, 2.45) is 17.6 Å². The molecule has 1 saturated carbocycles. The van der Waals surface area contributed by atoms with Crippen molar-refractivity contribution in [1.29, 1.82) is 0 Å². The molecule has 0 aromatic heterocycles. The van der Waals surface area contributed by atoms with Crippen LogP contribution in [0.4, 0.5) is 0 Å². The molecular formula is C12H25NO. The summed E-state index contributed by atoms with van der Waals surface area (Å²) in [6.45, 7) is 3.10. The van der Waals surface area contributed by atoms with Crippen LogP contribution in [0, 0.1) is 11.8 Å². The Hall–Kier alpha value is -0.0800. The number of hydrogen-bond donors (Lipinski definition) is 1. The van der Waals surface area contributed by atoms with Crippen molar-refractivity contribution in [3.8, 4) is 0 Å². The van der Waals surface area contributed by atoms with Gasteiger partial charge in [-0.2, -0.15) is 0 Å². The quantitative estimate of drug-likeness (QED) is 0.713. The summed E-state index contributed by atoms with van der Waals surface area (Å²) in [4.78, 5) is 0. The van der Waals surface area contributed by atoms with Crippen molar-refractivity contribution in [3.05, 3.63) is 0 Å². The van der Waals surface area contributed by atoms with Gasteiger partial charge in [0.1, 0.15) is 0 Å². The van der Waals surface area contributed by atoms with Crippen molar-refractivity contribution in [1.82, 2.24) is 0 Å². The van der Waals surface area contributed by atoms with Crippen LogP contribution < -0.4 is 5.73 Å². The Morgan fingerprint density at radius 2 is 2.00 bits per heavy atom. The first-order valence-corrected chi connectivity index (χ1v) is 5.98. The Balaban J connectivity index is 2.15. The second-order valence-corrected chi connectivity index (χ2v) is 4.81. The third-order valence-electron chi connectivity index (χ3n) is 3.59. The molecule has 0 saturated heterocycles. The third-order valence-corrected chi connectivity index (χ3v) is 3.59. The standard InChI is InChI=1S/C12H25NO/c1-10(7-8-14-2)12(13)9-11-5-3-4-6-11/h10-12H,3-9,13H2,1-2H3. The first-order chi connectivity index (χ1) is 6.74. The van der Waals surface area contributed by atoms with Crippen molar-refractivity contribution in [2.45, 2.75) is 51.5 Å². The van der Waals surface area contributed by atoms with Gasteiger partial charge in [-0.15, -0.1) is 0 Å². The molecule has 0 aromatic carbocycles. The van der Waals surface area contributed by atoms with Gasteiger partial charge >= 0.3 is 0 Å². The fourth-order valence-electron chi connectivity index (χ4n) is 2.38. The van der Waals surface area contributed by atoms with Crippen LogP contribution in [0.5, 0.6) is 0 Å². The Labute approximate surface area is 88.2 Å². The molecule has 0 aliphatic heterocycles. The zero-order chi connectivity index (χ0) is 10.4. The van der Waals surface area contributed by atoms with Crippen LogP contribution in [-0.2, 0) is 4.74 Å². The van der Waals surface area contributed by atoms with E-state index < -0.39 is 0 Å². The molecule has 2 atom stereocenters. The monoisotopic (exact) mass is 199 g/mol. The molecule has 1 rings (SSSR count). The zero-order valence-electron chi connectivity index (χ0n) is 9.67. The van der Waals surface area contributed by atoms with Crippen LogP contribution in [-0.4, -0.2) is 19.8 Å². The molecule has 0 bridgehead atoms. The van der Waals surface area contributed by atoms with Crippen molar-refractivity contribution in [3.63, 3.8) is 0 Å². The normalized spacial score (nSPS) is 22.5. The fraction of sp³-hybridized carbons (Fsp3) is 1.00. The van der Waals surface area contributed by atoms with Gasteiger partial charge in [0.25, 0.3) is 0 Å². The van der Waals surface area contributed by atoms with E-state index in [2.05, 4.69) is 6.92 Å². The Morgan fingerprint density at radius 3 is 2.57 bits per heavy atom. The first kappa shape index (κ1) is 12.0. The Kier molecular flexibility index (Phi) is 5.49. The van der Waals surface area contributed by atoms with Gasteiger partial charge in [0.05, 0.1) is 0 Å². The maximum absolute atomic E-state index is 6.18. The van der Waals surface area contributed by atoms with E-state index in [1.165, 1.54) is 32.1 Å².